The van der Waals surface area contributed by atoms with Crippen molar-refractivity contribution in [3.05, 3.63) is 113 Å². The molecule has 3 atom stereocenters. The molecule has 1 amide bonds. The first-order valence-electron chi connectivity index (χ1n) is 15.0. The lowest BCUT2D eigenvalue weighted by Crippen LogP contribution is -2.58. The number of methoxy groups -OCH3 is 1. The minimum Gasteiger partial charge on any atom is -0.481 e. The molecule has 4 aromatic rings. The van der Waals surface area contributed by atoms with Crippen LogP contribution in [0.15, 0.2) is 96.0 Å². The molecular formula is C34H37ClFN5O4S. The van der Waals surface area contributed by atoms with Gasteiger partial charge in [-0.2, -0.15) is 4.31 Å². The molecule has 242 valence electrons. The average molecular weight is 666 g/mol. The van der Waals surface area contributed by atoms with Crippen LogP contribution in [0.25, 0.3) is 0 Å². The van der Waals surface area contributed by atoms with Crippen molar-refractivity contribution in [2.24, 2.45) is 0 Å². The summed E-state index contributed by atoms with van der Waals surface area (Å²) in [6.45, 7) is 2.82. The number of hydrogen-bond donors (Lipinski definition) is 3. The number of halogens is 2. The van der Waals surface area contributed by atoms with Crippen molar-refractivity contribution in [1.82, 2.24) is 14.6 Å². The number of piperazine rings is 1. The second kappa shape index (κ2) is 15.0. The van der Waals surface area contributed by atoms with Gasteiger partial charge in [-0.1, -0.05) is 48.0 Å². The maximum atomic E-state index is 15.5. The predicted molar refractivity (Wildman–Crippen MR) is 178 cm³/mol. The molecule has 1 aromatic heterocycles. The minimum atomic E-state index is -3.78. The van der Waals surface area contributed by atoms with Gasteiger partial charge in [0.25, 0.3) is 0 Å². The lowest BCUT2D eigenvalue weighted by Gasteiger charge is -2.40. The van der Waals surface area contributed by atoms with E-state index in [2.05, 4.69) is 20.9 Å². The van der Waals surface area contributed by atoms with Crippen LogP contribution in [0.1, 0.15) is 24.5 Å². The Kier molecular flexibility index (Phi) is 10.9. The summed E-state index contributed by atoms with van der Waals surface area (Å²) in [5, 5.41) is 10.1. The number of rotatable bonds is 12. The molecule has 3 N–H and O–H groups in total. The van der Waals surface area contributed by atoms with Crippen LogP contribution in [0.2, 0.25) is 5.02 Å². The Labute approximate surface area is 274 Å². The number of nitrogens with zero attached hydrogens (tertiary/aromatic N) is 2. The summed E-state index contributed by atoms with van der Waals surface area (Å²) >= 11 is 6.09. The normalized spacial score (nSPS) is 17.7. The van der Waals surface area contributed by atoms with Crippen molar-refractivity contribution >= 4 is 38.9 Å². The molecule has 0 saturated carbocycles. The molecule has 9 nitrogen and oxygen atoms in total. The zero-order valence-electron chi connectivity index (χ0n) is 25.6. The summed E-state index contributed by atoms with van der Waals surface area (Å²) in [4.78, 5) is 18.0. The number of pyridine rings is 1. The Morgan fingerprint density at radius 2 is 1.83 bits per heavy atom. The van der Waals surface area contributed by atoms with E-state index in [9.17, 15) is 13.2 Å². The first kappa shape index (κ1) is 33.3. The van der Waals surface area contributed by atoms with E-state index in [-0.39, 0.29) is 29.7 Å². The number of aromatic nitrogens is 1. The minimum absolute atomic E-state index is 0.227. The Bertz CT molecular complexity index is 1730. The molecule has 0 radical (unpaired) electrons. The molecule has 0 bridgehead atoms. The number of sulfonamides is 1. The molecule has 1 aliphatic rings. The second-order valence-corrected chi connectivity index (χ2v) is 13.5. The van der Waals surface area contributed by atoms with E-state index in [1.54, 1.807) is 71.0 Å². The van der Waals surface area contributed by atoms with Gasteiger partial charge in [-0.05, 0) is 67.8 Å². The van der Waals surface area contributed by atoms with E-state index in [0.29, 0.717) is 47.4 Å². The van der Waals surface area contributed by atoms with Crippen LogP contribution in [-0.4, -0.2) is 61.9 Å². The Hall–Kier alpha value is -4.03. The fraction of sp³-hybridized carbons (Fsp3) is 0.294. The summed E-state index contributed by atoms with van der Waals surface area (Å²) in [5.74, 6) is -0.372. The molecule has 46 heavy (non-hydrogen) atoms. The van der Waals surface area contributed by atoms with Crippen molar-refractivity contribution in [2.75, 3.05) is 30.8 Å². The summed E-state index contributed by atoms with van der Waals surface area (Å²) < 4.78 is 49.6. The zero-order valence-corrected chi connectivity index (χ0v) is 27.2. The summed E-state index contributed by atoms with van der Waals surface area (Å²) in [6, 6.07) is 22.1. The third kappa shape index (κ3) is 8.03. The highest BCUT2D eigenvalue weighted by molar-refractivity contribution is 7.89. The van der Waals surface area contributed by atoms with Gasteiger partial charge in [0.1, 0.15) is 11.9 Å². The summed E-state index contributed by atoms with van der Waals surface area (Å²) in [5.41, 5.74) is 2.16. The molecule has 12 heteroatoms. The summed E-state index contributed by atoms with van der Waals surface area (Å²) in [6.07, 6.45) is 2.39. The van der Waals surface area contributed by atoms with Gasteiger partial charge in [-0.25, -0.2) is 17.8 Å². The number of ether oxygens (including phenoxy) is 1. The van der Waals surface area contributed by atoms with E-state index in [1.807, 2.05) is 19.1 Å². The first-order valence-corrected chi connectivity index (χ1v) is 16.9. The molecule has 5 rings (SSSR count). The fourth-order valence-corrected chi connectivity index (χ4v) is 7.68. The van der Waals surface area contributed by atoms with Gasteiger partial charge < -0.3 is 20.7 Å². The quantitative estimate of drug-likeness (QED) is 0.183. The van der Waals surface area contributed by atoms with Crippen molar-refractivity contribution in [1.29, 1.82) is 0 Å². The molecule has 1 aliphatic heterocycles. The number of amides is 1. The molecule has 0 spiro atoms. The maximum Gasteiger partial charge on any atom is 0.247 e. The van der Waals surface area contributed by atoms with E-state index >= 15 is 4.39 Å². The highest BCUT2D eigenvalue weighted by Gasteiger charge is 2.37. The number of nitrogens with one attached hydrogen (secondary N) is 3. The monoisotopic (exact) mass is 665 g/mol. The number of carbonyl (C=O) groups is 1. The molecule has 1 fully saturated rings. The summed E-state index contributed by atoms with van der Waals surface area (Å²) in [7, 11) is -2.27. The SMILES string of the molecule is COc1ccc(NC(=O)[C@H](Cc2ccc(Cl)cc2)Nc2cccc(F)c2CC[C@H]2CNC[C@H](C)N2S(=O)(=O)c2ccccc2)cn1. The molecule has 0 aliphatic carbocycles. The molecular weight excluding hydrogens is 629 g/mol. The van der Waals surface area contributed by atoms with Crippen LogP contribution in [0.4, 0.5) is 15.8 Å². The maximum absolute atomic E-state index is 15.5. The van der Waals surface area contributed by atoms with Crippen molar-refractivity contribution in [3.8, 4) is 5.88 Å². The molecule has 0 unspecified atom stereocenters. The number of hydrogen-bond acceptors (Lipinski definition) is 7. The van der Waals surface area contributed by atoms with Crippen molar-refractivity contribution in [2.45, 2.75) is 49.2 Å². The first-order chi connectivity index (χ1) is 22.2. The lowest BCUT2D eigenvalue weighted by atomic mass is 9.99. The standard InChI is InChI=1S/C34H37ClFN5O4S/c1-23-20-37-22-27(41(23)46(43,44)28-7-4-3-5-8-28)16-17-29-30(36)9-6-10-31(29)40-32(19-24-11-13-25(35)14-12-24)34(42)39-26-15-18-33(45-2)38-21-26/h3-15,18,21,23,27,32,37,40H,16-17,19-20,22H2,1-2H3,(H,39,42)/t23-,27-,32-/m0/s1. The molecule has 2 heterocycles. The van der Waals surface area contributed by atoms with E-state index in [1.165, 1.54) is 19.4 Å². The fourth-order valence-electron chi connectivity index (χ4n) is 5.69. The van der Waals surface area contributed by atoms with Crippen LogP contribution >= 0.6 is 11.6 Å². The van der Waals surface area contributed by atoms with Gasteiger partial charge in [-0.3, -0.25) is 4.79 Å². The van der Waals surface area contributed by atoms with Crippen molar-refractivity contribution in [3.63, 3.8) is 0 Å². The highest BCUT2D eigenvalue weighted by atomic mass is 35.5. The van der Waals surface area contributed by atoms with Crippen LogP contribution in [0.5, 0.6) is 5.88 Å². The third-order valence-corrected chi connectivity index (χ3v) is 10.3. The van der Waals surface area contributed by atoms with Crippen molar-refractivity contribution < 1.29 is 22.3 Å². The van der Waals surface area contributed by atoms with E-state index < -0.39 is 27.9 Å². The smallest absolute Gasteiger partial charge is 0.247 e. The van der Waals surface area contributed by atoms with Crippen LogP contribution in [0, 0.1) is 5.82 Å². The number of anilines is 2. The predicted octanol–water partition coefficient (Wildman–Crippen LogP) is 5.53. The van der Waals surface area contributed by atoms with E-state index in [0.717, 1.165) is 5.56 Å². The number of carbonyl (C=O) groups excluding carboxylic acids is 1. The van der Waals surface area contributed by atoms with Gasteiger partial charge in [0.2, 0.25) is 21.8 Å². The van der Waals surface area contributed by atoms with Crippen LogP contribution in [0.3, 0.4) is 0 Å². The zero-order chi connectivity index (χ0) is 32.7. The van der Waals surface area contributed by atoms with Crippen LogP contribution < -0.4 is 20.7 Å². The highest BCUT2D eigenvalue weighted by Crippen LogP contribution is 2.28. The topological polar surface area (TPSA) is 113 Å². The second-order valence-electron chi connectivity index (χ2n) is 11.2. The van der Waals surface area contributed by atoms with Gasteiger partial charge in [-0.15, -0.1) is 0 Å². The van der Waals surface area contributed by atoms with E-state index in [4.69, 9.17) is 16.3 Å². The van der Waals surface area contributed by atoms with Gasteiger partial charge in [0.05, 0.1) is 23.9 Å². The Balaban J connectivity index is 1.39. The average Bonchev–Trinajstić information content (AvgIpc) is 3.05. The third-order valence-electron chi connectivity index (χ3n) is 7.99. The largest absolute Gasteiger partial charge is 0.481 e. The molecule has 3 aromatic carbocycles. The van der Waals surface area contributed by atoms with Crippen LogP contribution in [-0.2, 0) is 27.7 Å². The number of benzene rings is 3. The van der Waals surface area contributed by atoms with Gasteiger partial charge in [0.15, 0.2) is 0 Å². The lowest BCUT2D eigenvalue weighted by molar-refractivity contribution is -0.116. The Morgan fingerprint density at radius 1 is 1.07 bits per heavy atom. The van der Waals surface area contributed by atoms with Gasteiger partial charge >= 0.3 is 0 Å². The Morgan fingerprint density at radius 3 is 2.52 bits per heavy atom. The van der Waals surface area contributed by atoms with Gasteiger partial charge in [0, 0.05) is 53.9 Å². The molecule has 1 saturated heterocycles.